The molecule has 2 rings (SSSR count). The smallest absolute Gasteiger partial charge is 0.253 e. The van der Waals surface area contributed by atoms with Gasteiger partial charge in [-0.15, -0.1) is 11.3 Å². The van der Waals surface area contributed by atoms with E-state index in [1.165, 1.54) is 11.3 Å². The number of thiophene rings is 1. The van der Waals surface area contributed by atoms with Gasteiger partial charge in [-0.25, -0.2) is 8.78 Å². The zero-order valence-corrected chi connectivity index (χ0v) is 12.5. The maximum Gasteiger partial charge on any atom is 0.253 e. The summed E-state index contributed by atoms with van der Waals surface area (Å²) in [5, 5.41) is 4.34. The van der Waals surface area contributed by atoms with Gasteiger partial charge < -0.3 is 5.32 Å². The van der Waals surface area contributed by atoms with Crippen molar-refractivity contribution in [3.05, 3.63) is 55.1 Å². The van der Waals surface area contributed by atoms with E-state index in [0.29, 0.717) is 0 Å². The lowest BCUT2D eigenvalue weighted by molar-refractivity contribution is 0.0950. The number of carbonyl (C=O) groups excluding carboxylic acids is 1. The average Bonchev–Trinajstić information content (AvgIpc) is 2.77. The minimum absolute atomic E-state index is 0.0881. The fourth-order valence-electron chi connectivity index (χ4n) is 1.41. The van der Waals surface area contributed by atoms with Crippen molar-refractivity contribution in [1.82, 2.24) is 5.32 Å². The van der Waals surface area contributed by atoms with Gasteiger partial charge in [-0.2, -0.15) is 0 Å². The Labute approximate surface area is 125 Å². The summed E-state index contributed by atoms with van der Waals surface area (Å²) in [5.41, 5.74) is 0.818. The molecule has 0 aliphatic heterocycles. The van der Waals surface area contributed by atoms with Crippen molar-refractivity contribution < 1.29 is 13.6 Å². The molecule has 2 nitrogen and oxygen atoms in total. The maximum absolute atomic E-state index is 13.1. The van der Waals surface area contributed by atoms with Crippen molar-refractivity contribution in [3.63, 3.8) is 0 Å². The monoisotopic (exact) mass is 365 g/mol. The molecule has 0 radical (unpaired) electrons. The van der Waals surface area contributed by atoms with E-state index in [1.807, 2.05) is 11.4 Å². The molecule has 19 heavy (non-hydrogen) atoms. The number of benzene rings is 1. The molecule has 1 aromatic heterocycles. The highest BCUT2D eigenvalue weighted by molar-refractivity contribution is 9.11. The van der Waals surface area contributed by atoms with E-state index < -0.39 is 17.5 Å². The first-order valence-electron chi connectivity index (χ1n) is 5.13. The number of nitrogens with one attached hydrogen (secondary N) is 1. The summed E-state index contributed by atoms with van der Waals surface area (Å²) < 4.78 is 26.9. The number of hydrogen-bond donors (Lipinski definition) is 1. The topological polar surface area (TPSA) is 29.1 Å². The molecule has 0 atom stereocenters. The van der Waals surface area contributed by atoms with E-state index in [0.717, 1.165) is 21.5 Å². The Morgan fingerprint density at radius 3 is 2.63 bits per heavy atom. The van der Waals surface area contributed by atoms with E-state index in [-0.39, 0.29) is 17.1 Å². The van der Waals surface area contributed by atoms with Crippen LogP contribution in [0.15, 0.2) is 27.4 Å². The van der Waals surface area contributed by atoms with Crippen LogP contribution >= 0.6 is 38.9 Å². The first-order chi connectivity index (χ1) is 8.97. The lowest BCUT2D eigenvalue weighted by Gasteiger charge is -2.06. The predicted octanol–water partition coefficient (Wildman–Crippen LogP) is 4.37. The third-order valence-corrected chi connectivity index (χ3v) is 4.20. The summed E-state index contributed by atoms with van der Waals surface area (Å²) in [6.07, 6.45) is 0. The van der Waals surface area contributed by atoms with Gasteiger partial charge in [0.15, 0.2) is 11.6 Å². The molecule has 0 aliphatic carbocycles. The van der Waals surface area contributed by atoms with E-state index in [4.69, 9.17) is 11.6 Å². The molecule has 0 saturated carbocycles. The highest BCUT2D eigenvalue weighted by Gasteiger charge is 2.14. The van der Waals surface area contributed by atoms with Gasteiger partial charge in [0.25, 0.3) is 5.91 Å². The summed E-state index contributed by atoms with van der Waals surface area (Å²) in [4.78, 5) is 11.8. The number of amides is 1. The molecule has 0 saturated heterocycles. The molecule has 100 valence electrons. The Kier molecular flexibility index (Phi) is 4.54. The molecule has 1 N–H and O–H groups in total. The Hall–Kier alpha value is -0.980. The molecule has 0 spiro atoms. The molecule has 0 fully saturated rings. The normalized spacial score (nSPS) is 10.5. The van der Waals surface area contributed by atoms with E-state index >= 15 is 0 Å². The van der Waals surface area contributed by atoms with E-state index in [1.54, 1.807) is 0 Å². The highest BCUT2D eigenvalue weighted by atomic mass is 79.9. The lowest BCUT2D eigenvalue weighted by Crippen LogP contribution is -2.23. The lowest BCUT2D eigenvalue weighted by atomic mass is 10.2. The molecular weight excluding hydrogens is 360 g/mol. The van der Waals surface area contributed by atoms with Crippen LogP contribution in [-0.2, 0) is 6.54 Å². The van der Waals surface area contributed by atoms with Crippen molar-refractivity contribution in [2.75, 3.05) is 0 Å². The fourth-order valence-corrected chi connectivity index (χ4v) is 2.86. The van der Waals surface area contributed by atoms with Gasteiger partial charge in [0.1, 0.15) is 0 Å². The van der Waals surface area contributed by atoms with Gasteiger partial charge in [-0.05, 0) is 45.1 Å². The van der Waals surface area contributed by atoms with Crippen molar-refractivity contribution in [3.8, 4) is 0 Å². The van der Waals surface area contributed by atoms with Crippen molar-refractivity contribution in [1.29, 1.82) is 0 Å². The number of rotatable bonds is 3. The summed E-state index contributed by atoms with van der Waals surface area (Å²) in [6, 6.07) is 3.43. The summed E-state index contributed by atoms with van der Waals surface area (Å²) in [6.45, 7) is 0.288. The van der Waals surface area contributed by atoms with Gasteiger partial charge in [0.05, 0.1) is 14.4 Å². The van der Waals surface area contributed by atoms with Gasteiger partial charge in [0, 0.05) is 6.54 Å². The van der Waals surface area contributed by atoms with Crippen LogP contribution in [0.4, 0.5) is 8.78 Å². The van der Waals surface area contributed by atoms with Crippen LogP contribution in [0.5, 0.6) is 0 Å². The molecule has 0 unspecified atom stereocenters. The molecule has 0 aliphatic rings. The Morgan fingerprint density at radius 1 is 1.32 bits per heavy atom. The van der Waals surface area contributed by atoms with Crippen LogP contribution in [0, 0.1) is 11.6 Å². The predicted molar refractivity (Wildman–Crippen MR) is 74.6 cm³/mol. The van der Waals surface area contributed by atoms with Gasteiger partial charge in [-0.1, -0.05) is 11.6 Å². The minimum atomic E-state index is -1.10. The largest absolute Gasteiger partial charge is 0.348 e. The molecular formula is C12H7BrClF2NOS. The van der Waals surface area contributed by atoms with Gasteiger partial charge >= 0.3 is 0 Å². The summed E-state index contributed by atoms with van der Waals surface area (Å²) >= 11 is 10.5. The summed E-state index contributed by atoms with van der Waals surface area (Å²) in [7, 11) is 0. The number of carbonyl (C=O) groups is 1. The second kappa shape index (κ2) is 5.98. The molecule has 7 heteroatoms. The second-order valence-electron chi connectivity index (χ2n) is 3.69. The Bertz CT molecular complexity index is 632. The SMILES string of the molecule is O=C(NCc1csc(Br)c1)c1cc(F)c(F)cc1Cl. The quantitative estimate of drug-likeness (QED) is 0.803. The van der Waals surface area contributed by atoms with E-state index in [2.05, 4.69) is 21.2 Å². The van der Waals surface area contributed by atoms with Gasteiger partial charge in [0.2, 0.25) is 0 Å². The van der Waals surface area contributed by atoms with Crippen molar-refractivity contribution in [2.45, 2.75) is 6.54 Å². The third kappa shape index (κ3) is 3.52. The van der Waals surface area contributed by atoms with E-state index in [9.17, 15) is 13.6 Å². The van der Waals surface area contributed by atoms with Crippen molar-refractivity contribution in [2.24, 2.45) is 0 Å². The average molecular weight is 367 g/mol. The van der Waals surface area contributed by atoms with Crippen molar-refractivity contribution >= 4 is 44.8 Å². The Morgan fingerprint density at radius 2 is 2.00 bits per heavy atom. The van der Waals surface area contributed by atoms with Crippen LogP contribution in [0.2, 0.25) is 5.02 Å². The first kappa shape index (κ1) is 14.4. The molecule has 1 heterocycles. The van der Waals surface area contributed by atoms with Crippen LogP contribution in [0.25, 0.3) is 0 Å². The highest BCUT2D eigenvalue weighted by Crippen LogP contribution is 2.22. The zero-order chi connectivity index (χ0) is 14.0. The van der Waals surface area contributed by atoms with Crippen LogP contribution in [0.3, 0.4) is 0 Å². The Balaban J connectivity index is 2.10. The first-order valence-corrected chi connectivity index (χ1v) is 7.18. The summed E-state index contributed by atoms with van der Waals surface area (Å²) in [5.74, 6) is -2.73. The standard InChI is InChI=1S/C12H7BrClF2NOS/c13-11-1-6(5-19-11)4-17-12(18)7-2-9(15)10(16)3-8(7)14/h1-3,5H,4H2,(H,17,18). The number of hydrogen-bond acceptors (Lipinski definition) is 2. The van der Waals surface area contributed by atoms with Crippen LogP contribution in [-0.4, -0.2) is 5.91 Å². The number of halogens is 4. The second-order valence-corrected chi connectivity index (χ2v) is 6.39. The zero-order valence-electron chi connectivity index (χ0n) is 9.34. The molecule has 0 bridgehead atoms. The maximum atomic E-state index is 13.1. The van der Waals surface area contributed by atoms with Crippen LogP contribution < -0.4 is 5.32 Å². The minimum Gasteiger partial charge on any atom is -0.348 e. The third-order valence-electron chi connectivity index (χ3n) is 2.33. The molecule has 1 amide bonds. The molecule has 1 aromatic carbocycles. The fraction of sp³-hybridized carbons (Fsp3) is 0.0833. The van der Waals surface area contributed by atoms with Crippen LogP contribution in [0.1, 0.15) is 15.9 Å². The van der Waals surface area contributed by atoms with Gasteiger partial charge in [-0.3, -0.25) is 4.79 Å². The molecule has 2 aromatic rings.